The summed E-state index contributed by atoms with van der Waals surface area (Å²) in [5.41, 5.74) is 12.8. The molecule has 1 fully saturated rings. The number of nitrogens with one attached hydrogen (secondary N) is 1. The molecule has 0 spiro atoms. The molecule has 0 atom stereocenters. The van der Waals surface area contributed by atoms with Gasteiger partial charge in [-0.2, -0.15) is 8.42 Å². The average Bonchev–Trinajstić information content (AvgIpc) is 3.55. The van der Waals surface area contributed by atoms with Crippen LogP contribution < -0.4 is 22.7 Å². The lowest BCUT2D eigenvalue weighted by molar-refractivity contribution is 0.485. The number of H-pyrrole nitrogens is 1. The van der Waals surface area contributed by atoms with Gasteiger partial charge in [0.05, 0.1) is 12.2 Å². The molecule has 1 aliphatic rings. The first kappa shape index (κ1) is 29.2. The van der Waals surface area contributed by atoms with Gasteiger partial charge in [-0.15, -0.1) is 0 Å². The molecule has 6 rings (SSSR count). The Bertz CT molecular complexity index is 1990. The van der Waals surface area contributed by atoms with E-state index in [0.29, 0.717) is 41.6 Å². The van der Waals surface area contributed by atoms with Crippen LogP contribution in [-0.2, 0) is 29.6 Å². The van der Waals surface area contributed by atoms with Gasteiger partial charge >= 0.3 is 15.8 Å². The first-order chi connectivity index (χ1) is 19.9. The molecule has 15 heteroatoms. The van der Waals surface area contributed by atoms with Gasteiger partial charge in [0, 0.05) is 24.2 Å². The van der Waals surface area contributed by atoms with Crippen LogP contribution in [0.1, 0.15) is 35.5 Å². The Hall–Kier alpha value is -4.34. The number of aromatic amines is 1. The summed E-state index contributed by atoms with van der Waals surface area (Å²) in [5.74, 6) is 0.540. The number of halogens is 1. The summed E-state index contributed by atoms with van der Waals surface area (Å²) < 4.78 is 46.3. The molecule has 1 aliphatic carbocycles. The number of nitrogens with two attached hydrogens (primary N) is 2. The lowest BCUT2D eigenvalue weighted by atomic mass is 10.1. The second-order valence-corrected chi connectivity index (χ2v) is 12.7. The summed E-state index contributed by atoms with van der Waals surface area (Å²) in [6.07, 6.45) is 2.56. The van der Waals surface area contributed by atoms with E-state index in [0.717, 1.165) is 34.3 Å². The number of aromatic nitrogens is 5. The van der Waals surface area contributed by atoms with Gasteiger partial charge in [-0.1, -0.05) is 41.7 Å². The topological polar surface area (TPSA) is 192 Å². The first-order valence-corrected chi connectivity index (χ1v) is 15.2. The van der Waals surface area contributed by atoms with E-state index >= 15 is 0 Å². The van der Waals surface area contributed by atoms with Crippen LogP contribution in [0.2, 0.25) is 0 Å². The van der Waals surface area contributed by atoms with E-state index < -0.39 is 27.2 Å². The Morgan fingerprint density at radius 3 is 2.33 bits per heavy atom. The van der Waals surface area contributed by atoms with Crippen molar-refractivity contribution in [2.24, 2.45) is 5.92 Å². The maximum absolute atomic E-state index is 14.2. The largest absolute Gasteiger partial charge is 0.399 e. The molecule has 0 amide bonds. The van der Waals surface area contributed by atoms with Crippen LogP contribution in [0.5, 0.6) is 0 Å². The third kappa shape index (κ3) is 6.42. The fraction of sp³-hybridized carbons (Fsp3) is 0.259. The van der Waals surface area contributed by atoms with Crippen molar-refractivity contribution in [2.75, 3.05) is 11.5 Å². The van der Waals surface area contributed by atoms with Gasteiger partial charge in [0.1, 0.15) is 17.2 Å². The molecule has 220 valence electrons. The number of fused-ring (bicyclic) bond motifs is 1. The number of thiazole rings is 1. The molecule has 12 nitrogen and oxygen atoms in total. The molecule has 0 bridgehead atoms. The van der Waals surface area contributed by atoms with Crippen LogP contribution in [0.25, 0.3) is 11.2 Å². The van der Waals surface area contributed by atoms with E-state index in [1.54, 1.807) is 22.8 Å². The predicted molar refractivity (Wildman–Crippen MR) is 158 cm³/mol. The third-order valence-electron chi connectivity index (χ3n) is 6.69. The van der Waals surface area contributed by atoms with Crippen LogP contribution in [0.15, 0.2) is 62.3 Å². The van der Waals surface area contributed by atoms with Crippen LogP contribution in [0, 0.1) is 18.7 Å². The zero-order chi connectivity index (χ0) is 30.2. The van der Waals surface area contributed by atoms with Crippen molar-refractivity contribution in [1.29, 1.82) is 0 Å². The minimum Gasteiger partial charge on any atom is -0.399 e. The molecule has 3 aromatic heterocycles. The number of aryl methyl sites for hydroxylation is 1. The summed E-state index contributed by atoms with van der Waals surface area (Å²) in [6.45, 7) is 1.84. The third-order valence-corrected chi connectivity index (χ3v) is 9.12. The van der Waals surface area contributed by atoms with Gasteiger partial charge in [-0.05, 0) is 49.4 Å². The zero-order valence-electron chi connectivity index (χ0n) is 22.4. The highest BCUT2D eigenvalue weighted by molar-refractivity contribution is 7.88. The molecule has 5 aromatic rings. The normalized spacial score (nSPS) is 13.2. The Kier molecular flexibility index (Phi) is 7.99. The molecule has 2 aromatic carbocycles. The van der Waals surface area contributed by atoms with Gasteiger partial charge in [0.2, 0.25) is 0 Å². The molecule has 42 heavy (non-hydrogen) atoms. The van der Waals surface area contributed by atoms with E-state index in [9.17, 15) is 22.4 Å². The van der Waals surface area contributed by atoms with E-state index in [2.05, 4.69) is 15.0 Å². The molecule has 0 unspecified atom stereocenters. The second kappa shape index (κ2) is 11.5. The Morgan fingerprint density at radius 1 is 1.07 bits per heavy atom. The molecule has 3 heterocycles. The fourth-order valence-electron chi connectivity index (χ4n) is 4.43. The lowest BCUT2D eigenvalue weighted by Crippen LogP contribution is -2.40. The number of benzene rings is 2. The quantitative estimate of drug-likeness (QED) is 0.158. The molecular formula is C27H28FN7O5S2. The van der Waals surface area contributed by atoms with Crippen molar-refractivity contribution < 1.29 is 17.4 Å². The Labute approximate surface area is 243 Å². The van der Waals surface area contributed by atoms with Crippen LogP contribution in [0.3, 0.4) is 0 Å². The molecule has 1 saturated carbocycles. The predicted octanol–water partition coefficient (Wildman–Crippen LogP) is 2.94. The number of hydrogen-bond acceptors (Lipinski definition) is 9. The molecular weight excluding hydrogens is 585 g/mol. The minimum absolute atomic E-state index is 0.128. The minimum atomic E-state index is -4.14. The van der Waals surface area contributed by atoms with Crippen molar-refractivity contribution in [3.05, 3.63) is 97.8 Å². The van der Waals surface area contributed by atoms with E-state index in [1.807, 2.05) is 24.3 Å². The highest BCUT2D eigenvalue weighted by atomic mass is 32.3. The van der Waals surface area contributed by atoms with Crippen molar-refractivity contribution in [3.8, 4) is 0 Å². The summed E-state index contributed by atoms with van der Waals surface area (Å²) in [5, 5.41) is 0.134. The summed E-state index contributed by atoms with van der Waals surface area (Å²) in [7, 11) is -4.14. The van der Waals surface area contributed by atoms with Crippen molar-refractivity contribution in [3.63, 3.8) is 0 Å². The standard InChI is InChI=1S/C23H22FN5O2.C4H6N2O3S2/c24-18-4-2-1-3-16(18)13-29-22(30)20-21(28(23(29)31)12-15-5-6-15)27-19(26-20)11-14-7-9-17(25)10-8-14;1-2-3(11(7,8)9)10-4(5)6-2/h1-4,7-10,15H,5-6,11-13,25H2,(H,26,27);1H3,(H2,5,6)(H,7,8,9). The lowest BCUT2D eigenvalue weighted by Gasteiger charge is -2.11. The summed E-state index contributed by atoms with van der Waals surface area (Å²) >= 11 is 0.750. The highest BCUT2D eigenvalue weighted by Gasteiger charge is 2.26. The highest BCUT2D eigenvalue weighted by Crippen LogP contribution is 2.30. The van der Waals surface area contributed by atoms with Crippen LogP contribution in [-0.4, -0.2) is 37.1 Å². The number of nitrogen functional groups attached to an aromatic ring is 2. The zero-order valence-corrected chi connectivity index (χ0v) is 24.1. The van der Waals surface area contributed by atoms with Crippen molar-refractivity contribution in [2.45, 2.75) is 43.5 Å². The van der Waals surface area contributed by atoms with Crippen LogP contribution >= 0.6 is 11.3 Å². The smallest absolute Gasteiger partial charge is 0.333 e. The van der Waals surface area contributed by atoms with Gasteiger partial charge in [0.15, 0.2) is 15.0 Å². The number of hydrogen-bond donors (Lipinski definition) is 4. The van der Waals surface area contributed by atoms with Gasteiger partial charge < -0.3 is 16.5 Å². The van der Waals surface area contributed by atoms with Gasteiger partial charge in [0.25, 0.3) is 5.56 Å². The van der Waals surface area contributed by atoms with E-state index in [4.69, 9.17) is 16.0 Å². The van der Waals surface area contributed by atoms with Crippen LogP contribution in [0.4, 0.5) is 15.2 Å². The monoisotopic (exact) mass is 613 g/mol. The maximum atomic E-state index is 14.2. The van der Waals surface area contributed by atoms with Gasteiger partial charge in [-0.3, -0.25) is 18.5 Å². The number of imidazole rings is 1. The van der Waals surface area contributed by atoms with Crippen molar-refractivity contribution in [1.82, 2.24) is 24.1 Å². The molecule has 6 N–H and O–H groups in total. The SMILES string of the molecule is Cc1nc(N)sc1S(=O)(=O)O.Nc1ccc(Cc2nc3c([nH]2)c(=O)n(Cc2ccccc2F)c(=O)n3CC2CC2)cc1. The van der Waals surface area contributed by atoms with E-state index in [1.165, 1.54) is 13.0 Å². The fourth-order valence-corrected chi connectivity index (χ4v) is 6.09. The van der Waals surface area contributed by atoms with E-state index in [-0.39, 0.29) is 27.1 Å². The first-order valence-electron chi connectivity index (χ1n) is 12.9. The maximum Gasteiger partial charge on any atom is 0.333 e. The Balaban J connectivity index is 0.000000271. The molecule has 0 aliphatic heterocycles. The number of anilines is 2. The molecule has 0 saturated heterocycles. The number of nitrogens with zero attached hydrogens (tertiary/aromatic N) is 4. The number of rotatable bonds is 7. The molecule has 0 radical (unpaired) electrons. The van der Waals surface area contributed by atoms with Crippen molar-refractivity contribution >= 4 is 43.4 Å². The average molecular weight is 614 g/mol. The summed E-state index contributed by atoms with van der Waals surface area (Å²) in [4.78, 5) is 37.7. The van der Waals surface area contributed by atoms with Gasteiger partial charge in [-0.25, -0.2) is 19.2 Å². The summed E-state index contributed by atoms with van der Waals surface area (Å²) in [6, 6.07) is 13.6. The Morgan fingerprint density at radius 2 is 1.76 bits per heavy atom. The second-order valence-electron chi connectivity index (χ2n) is 10.0.